The van der Waals surface area contributed by atoms with Crippen LogP contribution in [0.1, 0.15) is 11.3 Å². The number of halogens is 1. The lowest BCUT2D eigenvalue weighted by Gasteiger charge is -2.04. The molecule has 0 saturated carbocycles. The third-order valence-electron chi connectivity index (χ3n) is 3.98. The van der Waals surface area contributed by atoms with Gasteiger partial charge in [-0.15, -0.1) is 0 Å². The van der Waals surface area contributed by atoms with Crippen molar-refractivity contribution >= 4 is 39.3 Å². The number of nitriles is 1. The molecule has 29 heavy (non-hydrogen) atoms. The van der Waals surface area contributed by atoms with Crippen LogP contribution in [0.15, 0.2) is 69.1 Å². The van der Waals surface area contributed by atoms with E-state index < -0.39 is 10.8 Å². The number of carbonyl (C=O) groups is 1. The highest BCUT2D eigenvalue weighted by molar-refractivity contribution is 9.10. The summed E-state index contributed by atoms with van der Waals surface area (Å²) >= 11 is 3.49. The monoisotopic (exact) mass is 451 g/mol. The lowest BCUT2D eigenvalue weighted by molar-refractivity contribution is -0.384. The summed E-state index contributed by atoms with van der Waals surface area (Å²) in [7, 11) is 0. The first-order valence-electron chi connectivity index (χ1n) is 8.41. The second kappa shape index (κ2) is 8.54. The normalized spacial score (nSPS) is 11.0. The Kier molecular flexibility index (Phi) is 5.90. The molecular weight excluding hydrogens is 438 g/mol. The zero-order valence-corrected chi connectivity index (χ0v) is 16.8. The van der Waals surface area contributed by atoms with E-state index in [1.54, 1.807) is 12.1 Å². The maximum atomic E-state index is 12.4. The average molecular weight is 452 g/mol. The predicted octanol–water partition coefficient (Wildman–Crippen LogP) is 5.47. The van der Waals surface area contributed by atoms with Crippen LogP contribution in [0.5, 0.6) is 0 Å². The Labute approximate surface area is 174 Å². The molecule has 0 aliphatic carbocycles. The molecule has 7 nitrogen and oxygen atoms in total. The van der Waals surface area contributed by atoms with Gasteiger partial charge in [-0.05, 0) is 42.8 Å². The minimum Gasteiger partial charge on any atom is -0.457 e. The van der Waals surface area contributed by atoms with Crippen LogP contribution in [-0.2, 0) is 4.79 Å². The van der Waals surface area contributed by atoms with Crippen LogP contribution in [0.3, 0.4) is 0 Å². The highest BCUT2D eigenvalue weighted by atomic mass is 79.9. The smallest absolute Gasteiger partial charge is 0.271 e. The molecule has 0 aliphatic rings. The third kappa shape index (κ3) is 4.78. The molecule has 2 aromatic carbocycles. The van der Waals surface area contributed by atoms with E-state index in [4.69, 9.17) is 4.42 Å². The molecule has 0 aliphatic heterocycles. The van der Waals surface area contributed by atoms with Gasteiger partial charge in [0, 0.05) is 33.9 Å². The van der Waals surface area contributed by atoms with Crippen molar-refractivity contribution in [1.82, 2.24) is 0 Å². The Hall–Kier alpha value is -3.70. The molecule has 0 atom stereocenters. The molecule has 1 aromatic heterocycles. The fourth-order valence-electron chi connectivity index (χ4n) is 2.58. The van der Waals surface area contributed by atoms with Crippen molar-refractivity contribution in [2.24, 2.45) is 0 Å². The summed E-state index contributed by atoms with van der Waals surface area (Å²) in [6.07, 6.45) is 1.32. The lowest BCUT2D eigenvalue weighted by Crippen LogP contribution is -2.13. The summed E-state index contributed by atoms with van der Waals surface area (Å²) < 4.78 is 6.61. The molecule has 3 aromatic rings. The number of nitrogens with one attached hydrogen (secondary N) is 1. The molecule has 0 spiro atoms. The van der Waals surface area contributed by atoms with Crippen molar-refractivity contribution in [3.8, 4) is 17.4 Å². The van der Waals surface area contributed by atoms with Gasteiger partial charge in [0.15, 0.2) is 0 Å². The molecule has 1 heterocycles. The van der Waals surface area contributed by atoms with Gasteiger partial charge in [-0.25, -0.2) is 0 Å². The van der Waals surface area contributed by atoms with Crippen molar-refractivity contribution in [3.63, 3.8) is 0 Å². The van der Waals surface area contributed by atoms with Gasteiger partial charge in [0.2, 0.25) is 0 Å². The average Bonchev–Trinajstić information content (AvgIpc) is 3.14. The molecule has 0 saturated heterocycles. The summed E-state index contributed by atoms with van der Waals surface area (Å²) in [4.78, 5) is 22.7. The van der Waals surface area contributed by atoms with E-state index in [1.807, 2.05) is 31.2 Å². The van der Waals surface area contributed by atoms with Crippen molar-refractivity contribution in [3.05, 3.63) is 86.1 Å². The number of hydrogen-bond acceptors (Lipinski definition) is 5. The van der Waals surface area contributed by atoms with Gasteiger partial charge in [-0.3, -0.25) is 14.9 Å². The van der Waals surface area contributed by atoms with E-state index in [-0.39, 0.29) is 16.9 Å². The van der Waals surface area contributed by atoms with Crippen molar-refractivity contribution < 1.29 is 14.1 Å². The number of nitrogens with zero attached hydrogens (tertiary/aromatic N) is 2. The molecular formula is C21H14BrN3O4. The highest BCUT2D eigenvalue weighted by Gasteiger charge is 2.14. The second-order valence-electron chi connectivity index (χ2n) is 6.12. The maximum absolute atomic E-state index is 12.4. The summed E-state index contributed by atoms with van der Waals surface area (Å²) in [6.45, 7) is 1.98. The van der Waals surface area contributed by atoms with Crippen LogP contribution in [-0.4, -0.2) is 10.8 Å². The minimum absolute atomic E-state index is 0.162. The topological polar surface area (TPSA) is 109 Å². The van der Waals surface area contributed by atoms with E-state index in [0.717, 1.165) is 15.6 Å². The number of benzene rings is 2. The molecule has 0 bridgehead atoms. The highest BCUT2D eigenvalue weighted by Crippen LogP contribution is 2.31. The maximum Gasteiger partial charge on any atom is 0.271 e. The standard InChI is InChI=1S/C21H14BrN3O4/c1-13-5-7-18(19(22)9-13)20-8-6-17(29-20)10-14(12-23)21(26)24-15-3-2-4-16(11-15)25(27)28/h2-11H,1H3,(H,24,26)/b14-10+. The summed E-state index contributed by atoms with van der Waals surface area (Å²) in [5.74, 6) is 0.222. The zero-order valence-electron chi connectivity index (χ0n) is 15.2. The van der Waals surface area contributed by atoms with Gasteiger partial charge in [-0.2, -0.15) is 5.26 Å². The lowest BCUT2D eigenvalue weighted by atomic mass is 10.1. The van der Waals surface area contributed by atoms with Gasteiger partial charge in [0.1, 0.15) is 23.2 Å². The summed E-state index contributed by atoms with van der Waals surface area (Å²) in [5, 5.41) is 22.7. The minimum atomic E-state index is -0.692. The van der Waals surface area contributed by atoms with Crippen LogP contribution < -0.4 is 5.32 Å². The zero-order chi connectivity index (χ0) is 21.0. The summed E-state index contributed by atoms with van der Waals surface area (Å²) in [5.41, 5.74) is 1.80. The first-order chi connectivity index (χ1) is 13.9. The predicted molar refractivity (Wildman–Crippen MR) is 112 cm³/mol. The Morgan fingerprint density at radius 1 is 1.24 bits per heavy atom. The largest absolute Gasteiger partial charge is 0.457 e. The number of hydrogen-bond donors (Lipinski definition) is 1. The van der Waals surface area contributed by atoms with Crippen molar-refractivity contribution in [2.75, 3.05) is 5.32 Å². The van der Waals surface area contributed by atoms with E-state index >= 15 is 0 Å². The number of carbonyl (C=O) groups excluding carboxylic acids is 1. The van der Waals surface area contributed by atoms with Gasteiger partial charge in [-0.1, -0.05) is 28.1 Å². The number of nitro benzene ring substituents is 1. The van der Waals surface area contributed by atoms with Gasteiger partial charge in [0.05, 0.1) is 4.92 Å². The van der Waals surface area contributed by atoms with Gasteiger partial charge in [0.25, 0.3) is 11.6 Å². The number of anilines is 1. The number of aryl methyl sites for hydroxylation is 1. The molecule has 1 N–H and O–H groups in total. The Bertz CT molecular complexity index is 1170. The van der Waals surface area contributed by atoms with Crippen LogP contribution in [0.25, 0.3) is 17.4 Å². The van der Waals surface area contributed by atoms with Crippen molar-refractivity contribution in [2.45, 2.75) is 6.92 Å². The molecule has 0 unspecified atom stereocenters. The first-order valence-corrected chi connectivity index (χ1v) is 9.20. The van der Waals surface area contributed by atoms with Crippen LogP contribution in [0.2, 0.25) is 0 Å². The van der Waals surface area contributed by atoms with E-state index in [1.165, 1.54) is 30.3 Å². The number of amides is 1. The SMILES string of the molecule is Cc1ccc(-c2ccc(/C=C(\C#N)C(=O)Nc3cccc([N+](=O)[O-])c3)o2)c(Br)c1. The number of rotatable bonds is 5. The third-order valence-corrected chi connectivity index (χ3v) is 4.64. The van der Waals surface area contributed by atoms with E-state index in [0.29, 0.717) is 11.5 Å². The van der Waals surface area contributed by atoms with Gasteiger partial charge < -0.3 is 9.73 Å². The number of non-ortho nitro benzene ring substituents is 1. The first kappa shape index (κ1) is 20.0. The second-order valence-corrected chi connectivity index (χ2v) is 6.97. The molecule has 0 fully saturated rings. The van der Waals surface area contributed by atoms with Crippen LogP contribution in [0.4, 0.5) is 11.4 Å². The molecule has 1 amide bonds. The molecule has 144 valence electrons. The fourth-order valence-corrected chi connectivity index (χ4v) is 3.27. The summed E-state index contributed by atoms with van der Waals surface area (Å²) in [6, 6.07) is 16.5. The van der Waals surface area contributed by atoms with Crippen molar-refractivity contribution in [1.29, 1.82) is 5.26 Å². The molecule has 8 heteroatoms. The Balaban J connectivity index is 1.82. The fraction of sp³-hybridized carbons (Fsp3) is 0.0476. The van der Waals surface area contributed by atoms with Crippen LogP contribution in [0, 0.1) is 28.4 Å². The Morgan fingerprint density at radius 2 is 2.03 bits per heavy atom. The number of nitro groups is 1. The molecule has 0 radical (unpaired) electrons. The number of furan rings is 1. The van der Waals surface area contributed by atoms with Gasteiger partial charge >= 0.3 is 0 Å². The van der Waals surface area contributed by atoms with E-state index in [9.17, 15) is 20.2 Å². The molecule has 3 rings (SSSR count). The van der Waals surface area contributed by atoms with Crippen LogP contribution >= 0.6 is 15.9 Å². The quantitative estimate of drug-likeness (QED) is 0.239. The Morgan fingerprint density at radius 3 is 2.72 bits per heavy atom. The van der Waals surface area contributed by atoms with E-state index in [2.05, 4.69) is 21.2 Å².